The lowest BCUT2D eigenvalue weighted by Gasteiger charge is -2.20. The van der Waals surface area contributed by atoms with Gasteiger partial charge in [0.15, 0.2) is 0 Å². The number of rotatable bonds is 3. The van der Waals surface area contributed by atoms with Crippen LogP contribution in [0.25, 0.3) is 0 Å². The fourth-order valence-corrected chi connectivity index (χ4v) is 2.02. The summed E-state index contributed by atoms with van der Waals surface area (Å²) < 4.78 is 0. The molecule has 14 heavy (non-hydrogen) atoms. The Hall–Kier alpha value is -0.380. The summed E-state index contributed by atoms with van der Waals surface area (Å²) in [7, 11) is 0. The first-order valence-electron chi connectivity index (χ1n) is 5.53. The third-order valence-electron chi connectivity index (χ3n) is 2.93. The zero-order valence-electron chi connectivity index (χ0n) is 8.39. The molecule has 0 radical (unpaired) electrons. The fourth-order valence-electron chi connectivity index (χ4n) is 2.02. The molecular weight excluding hydrogens is 180 g/mol. The lowest BCUT2D eigenvalue weighted by Crippen LogP contribution is -2.25. The van der Waals surface area contributed by atoms with Gasteiger partial charge in [-0.3, -0.25) is 0 Å². The first-order valence-corrected chi connectivity index (χ1v) is 5.53. The van der Waals surface area contributed by atoms with Crippen molar-refractivity contribution in [1.29, 1.82) is 0 Å². The Morgan fingerprint density at radius 1 is 1.07 bits per heavy atom. The van der Waals surface area contributed by atoms with E-state index in [2.05, 4.69) is 6.08 Å². The molecule has 0 bridgehead atoms. The molecule has 3 unspecified atom stereocenters. The van der Waals surface area contributed by atoms with Crippen LogP contribution in [-0.2, 0) is 9.78 Å². The zero-order chi connectivity index (χ0) is 9.80. The van der Waals surface area contributed by atoms with Crippen LogP contribution in [0.2, 0.25) is 0 Å². The Labute approximate surface area is 84.6 Å². The normalized spacial score (nSPS) is 37.6. The average Bonchev–Trinajstić information content (AvgIpc) is 2.63. The van der Waals surface area contributed by atoms with Gasteiger partial charge in [-0.15, -0.1) is 0 Å². The largest absolute Gasteiger partial charge is 0.390 e. The Morgan fingerprint density at radius 2 is 2.00 bits per heavy atom. The molecule has 3 nitrogen and oxygen atoms in total. The highest BCUT2D eigenvalue weighted by Gasteiger charge is 2.27. The summed E-state index contributed by atoms with van der Waals surface area (Å²) in [5.41, 5.74) is 0. The highest BCUT2D eigenvalue weighted by atomic mass is 17.2. The van der Waals surface area contributed by atoms with Crippen LogP contribution in [0.3, 0.4) is 0 Å². The zero-order valence-corrected chi connectivity index (χ0v) is 8.39. The van der Waals surface area contributed by atoms with Crippen molar-refractivity contribution in [2.75, 3.05) is 0 Å². The summed E-state index contributed by atoms with van der Waals surface area (Å²) >= 11 is 0. The van der Waals surface area contributed by atoms with Crippen LogP contribution in [-0.4, -0.2) is 23.4 Å². The highest BCUT2D eigenvalue weighted by molar-refractivity contribution is 4.93. The fraction of sp³-hybridized carbons (Fsp3) is 0.818. The topological polar surface area (TPSA) is 38.7 Å². The number of hydrogen-bond donors (Lipinski definition) is 1. The van der Waals surface area contributed by atoms with Crippen LogP contribution in [0, 0.1) is 0 Å². The summed E-state index contributed by atoms with van der Waals surface area (Å²) in [6.07, 6.45) is 9.96. The summed E-state index contributed by atoms with van der Waals surface area (Å²) in [5.74, 6) is 0. The highest BCUT2D eigenvalue weighted by Crippen LogP contribution is 2.23. The smallest absolute Gasteiger partial charge is 0.119 e. The molecule has 3 atom stereocenters. The molecule has 80 valence electrons. The van der Waals surface area contributed by atoms with E-state index in [1.54, 1.807) is 0 Å². The van der Waals surface area contributed by atoms with E-state index in [9.17, 15) is 5.11 Å². The van der Waals surface area contributed by atoms with Crippen molar-refractivity contribution in [2.45, 2.75) is 56.8 Å². The van der Waals surface area contributed by atoms with Gasteiger partial charge in [-0.05, 0) is 38.5 Å². The first kappa shape index (κ1) is 10.1. The van der Waals surface area contributed by atoms with Gasteiger partial charge in [-0.2, -0.15) is 0 Å². The third-order valence-corrected chi connectivity index (χ3v) is 2.93. The number of aliphatic hydroxyl groups is 1. The molecule has 1 N–H and O–H groups in total. The summed E-state index contributed by atoms with van der Waals surface area (Å²) in [5, 5.41) is 9.50. The predicted molar refractivity (Wildman–Crippen MR) is 52.6 cm³/mol. The predicted octanol–water partition coefficient (Wildman–Crippen LogP) is 1.96. The molecule has 0 spiro atoms. The average molecular weight is 198 g/mol. The molecule has 0 aromatic heterocycles. The van der Waals surface area contributed by atoms with Crippen molar-refractivity contribution in [2.24, 2.45) is 0 Å². The molecule has 0 aliphatic heterocycles. The van der Waals surface area contributed by atoms with Gasteiger partial charge in [0.05, 0.1) is 6.10 Å². The molecule has 0 saturated heterocycles. The van der Waals surface area contributed by atoms with Gasteiger partial charge in [0.2, 0.25) is 0 Å². The van der Waals surface area contributed by atoms with Crippen LogP contribution in [0.5, 0.6) is 0 Å². The minimum absolute atomic E-state index is 0.0940. The first-order chi connectivity index (χ1) is 6.86. The van der Waals surface area contributed by atoms with Gasteiger partial charge < -0.3 is 5.11 Å². The maximum Gasteiger partial charge on any atom is 0.119 e. The number of hydrogen-bond acceptors (Lipinski definition) is 3. The molecule has 3 heteroatoms. The molecule has 1 fully saturated rings. The van der Waals surface area contributed by atoms with Gasteiger partial charge >= 0.3 is 0 Å². The van der Waals surface area contributed by atoms with Crippen LogP contribution in [0.4, 0.5) is 0 Å². The molecular formula is C11H18O3. The molecule has 1 saturated carbocycles. The lowest BCUT2D eigenvalue weighted by atomic mass is 10.1. The molecule has 0 amide bonds. The second kappa shape index (κ2) is 4.91. The molecule has 0 aromatic carbocycles. The van der Waals surface area contributed by atoms with Gasteiger partial charge in [-0.25, -0.2) is 9.78 Å². The van der Waals surface area contributed by atoms with E-state index in [4.69, 9.17) is 9.78 Å². The summed E-state index contributed by atoms with van der Waals surface area (Å²) in [6.45, 7) is 0. The van der Waals surface area contributed by atoms with Crippen LogP contribution >= 0.6 is 0 Å². The maximum absolute atomic E-state index is 9.50. The summed E-state index contributed by atoms with van der Waals surface area (Å²) in [6, 6.07) is 0. The molecule has 2 aliphatic rings. The van der Waals surface area contributed by atoms with E-state index in [1.807, 2.05) is 6.08 Å². The second-order valence-electron chi connectivity index (χ2n) is 4.13. The number of aliphatic hydroxyl groups excluding tert-OH is 1. The molecule has 2 aliphatic carbocycles. The van der Waals surface area contributed by atoms with Crippen molar-refractivity contribution >= 4 is 0 Å². The minimum Gasteiger partial charge on any atom is -0.390 e. The van der Waals surface area contributed by atoms with Crippen molar-refractivity contribution in [1.82, 2.24) is 0 Å². The summed E-state index contributed by atoms with van der Waals surface area (Å²) in [4.78, 5) is 10.5. The second-order valence-corrected chi connectivity index (χ2v) is 4.13. The van der Waals surface area contributed by atoms with E-state index in [0.29, 0.717) is 0 Å². The van der Waals surface area contributed by atoms with Crippen molar-refractivity contribution in [3.05, 3.63) is 12.2 Å². The van der Waals surface area contributed by atoms with Gasteiger partial charge in [0.25, 0.3) is 0 Å². The Bertz CT molecular complexity index is 203. The van der Waals surface area contributed by atoms with Gasteiger partial charge in [0, 0.05) is 0 Å². The van der Waals surface area contributed by atoms with E-state index >= 15 is 0 Å². The van der Waals surface area contributed by atoms with Crippen molar-refractivity contribution < 1.29 is 14.9 Å². The van der Waals surface area contributed by atoms with Gasteiger partial charge in [-0.1, -0.05) is 12.2 Å². The number of allylic oxidation sites excluding steroid dienone is 1. The van der Waals surface area contributed by atoms with Gasteiger partial charge in [0.1, 0.15) is 12.2 Å². The van der Waals surface area contributed by atoms with Crippen molar-refractivity contribution in [3.63, 3.8) is 0 Å². The standard InChI is InChI=1S/C11H18O3/c12-10-7-4-8-11(10)14-13-9-5-2-1-3-6-9/h2,5,9-12H,1,3-4,6-8H2. The Balaban J connectivity index is 1.70. The lowest BCUT2D eigenvalue weighted by molar-refractivity contribution is -0.351. The molecule has 2 rings (SSSR count). The van der Waals surface area contributed by atoms with Crippen LogP contribution in [0.1, 0.15) is 38.5 Å². The monoisotopic (exact) mass is 198 g/mol. The minimum atomic E-state index is -0.331. The SMILES string of the molecule is OC1CCCC1OOC1C=CCCC1. The Morgan fingerprint density at radius 3 is 2.64 bits per heavy atom. The van der Waals surface area contributed by atoms with E-state index < -0.39 is 0 Å². The van der Waals surface area contributed by atoms with E-state index in [-0.39, 0.29) is 18.3 Å². The van der Waals surface area contributed by atoms with E-state index in [0.717, 1.165) is 38.5 Å². The molecule has 0 aromatic rings. The maximum atomic E-state index is 9.50. The van der Waals surface area contributed by atoms with Crippen molar-refractivity contribution in [3.8, 4) is 0 Å². The third kappa shape index (κ3) is 2.56. The van der Waals surface area contributed by atoms with Crippen LogP contribution < -0.4 is 0 Å². The molecule has 0 heterocycles. The van der Waals surface area contributed by atoms with Crippen LogP contribution in [0.15, 0.2) is 12.2 Å². The van der Waals surface area contributed by atoms with E-state index in [1.165, 1.54) is 0 Å². The quantitative estimate of drug-likeness (QED) is 0.428. The Kier molecular flexibility index (Phi) is 3.56.